The van der Waals surface area contributed by atoms with Gasteiger partial charge in [0.05, 0.1) is 40.7 Å². The lowest BCUT2D eigenvalue weighted by Gasteiger charge is -2.57. The number of nitrogens with two attached hydrogens (primary N) is 1. The summed E-state index contributed by atoms with van der Waals surface area (Å²) in [5.41, 5.74) is 5.64. The van der Waals surface area contributed by atoms with Crippen molar-refractivity contribution >= 4 is 17.3 Å². The number of aliphatic hydroxyl groups is 1. The van der Waals surface area contributed by atoms with Gasteiger partial charge in [-0.2, -0.15) is 13.9 Å². The molecule has 2 amide bonds. The molecule has 0 unspecified atom stereocenters. The third kappa shape index (κ3) is 5.90. The van der Waals surface area contributed by atoms with Crippen LogP contribution in [0.25, 0.3) is 5.52 Å². The Hall–Kier alpha value is -3.93. The van der Waals surface area contributed by atoms with Gasteiger partial charge in [-0.1, -0.05) is 0 Å². The molecule has 2 heterocycles. The Bertz CT molecular complexity index is 1390. The molecule has 0 atom stereocenters. The van der Waals surface area contributed by atoms with Crippen molar-refractivity contribution < 1.29 is 37.7 Å². The molecule has 10 nitrogen and oxygen atoms in total. The molecule has 4 N–H and O–H groups in total. The fraction of sp³-hybridized carbons (Fsp3) is 0.444. The number of hydrogen-bond acceptors (Lipinski definition) is 7. The number of nitrogens with zero attached hydrogens (tertiary/aromatic N) is 2. The highest BCUT2D eigenvalue weighted by Gasteiger charge is 2.54. The van der Waals surface area contributed by atoms with E-state index in [4.69, 9.17) is 15.2 Å². The summed E-state index contributed by atoms with van der Waals surface area (Å²) < 4.78 is 42.6. The zero-order valence-electron chi connectivity index (χ0n) is 21.5. The van der Waals surface area contributed by atoms with Crippen LogP contribution in [0.5, 0.6) is 17.2 Å². The number of benzene rings is 1. The second-order valence-corrected chi connectivity index (χ2v) is 11.0. The average molecular weight is 545 g/mol. The summed E-state index contributed by atoms with van der Waals surface area (Å²) >= 11 is 0. The Morgan fingerprint density at radius 3 is 2.56 bits per heavy atom. The second-order valence-electron chi connectivity index (χ2n) is 11.0. The summed E-state index contributed by atoms with van der Waals surface area (Å²) in [5.74, 6) is -0.412. The molecule has 2 aliphatic rings. The standard InChI is InChI=1S/C27H30F2N4O6/c1-26(2,36)14-37-17-4-6-21-20(12-31-33(21)13-17)24(35)32-15-8-27(9-15)10-18(11-27)38-22-7-16(39-25(28)29)3-5-19(22)23(30)34/h3-7,12-13,15,18,25,36H,8-11,14H2,1-2H3,(H2,30,34)(H,32,35). The predicted molar refractivity (Wildman–Crippen MR) is 135 cm³/mol. The zero-order valence-corrected chi connectivity index (χ0v) is 21.5. The van der Waals surface area contributed by atoms with E-state index in [0.717, 1.165) is 12.8 Å². The summed E-state index contributed by atoms with van der Waals surface area (Å²) in [6, 6.07) is 7.29. The molecule has 208 valence electrons. The number of rotatable bonds is 10. The van der Waals surface area contributed by atoms with Gasteiger partial charge in [0, 0.05) is 12.1 Å². The number of carbonyl (C=O) groups is 2. The molecule has 1 spiro atoms. The number of alkyl halides is 2. The molecule has 2 saturated carbocycles. The summed E-state index contributed by atoms with van der Waals surface area (Å²) in [6.07, 6.45) is 5.95. The van der Waals surface area contributed by atoms with E-state index in [9.17, 15) is 23.5 Å². The number of fused-ring (bicyclic) bond motifs is 1. The fourth-order valence-corrected chi connectivity index (χ4v) is 5.32. The average Bonchev–Trinajstić information content (AvgIpc) is 3.22. The first-order valence-corrected chi connectivity index (χ1v) is 12.6. The second kappa shape index (κ2) is 9.99. The summed E-state index contributed by atoms with van der Waals surface area (Å²) in [7, 11) is 0. The van der Waals surface area contributed by atoms with Crippen molar-refractivity contribution in [3.8, 4) is 17.2 Å². The highest BCUT2D eigenvalue weighted by molar-refractivity contribution is 6.00. The van der Waals surface area contributed by atoms with Gasteiger partial charge >= 0.3 is 6.61 Å². The van der Waals surface area contributed by atoms with Crippen molar-refractivity contribution in [2.75, 3.05) is 6.61 Å². The SMILES string of the molecule is CC(C)(O)COc1ccc2c(C(=O)NC3CC4(C3)CC(Oc3cc(OC(F)F)ccc3C(N)=O)C4)cnn2c1. The van der Waals surface area contributed by atoms with Gasteiger partial charge < -0.3 is 30.4 Å². The number of carbonyl (C=O) groups excluding carboxylic acids is 2. The molecule has 2 fully saturated rings. The number of ether oxygens (including phenoxy) is 3. The maximum absolute atomic E-state index is 12.9. The molecule has 0 saturated heterocycles. The molecule has 1 aromatic carbocycles. The molecule has 39 heavy (non-hydrogen) atoms. The number of hydrogen-bond donors (Lipinski definition) is 3. The van der Waals surface area contributed by atoms with E-state index in [-0.39, 0.29) is 47.1 Å². The maximum atomic E-state index is 12.9. The number of halogens is 2. The van der Waals surface area contributed by atoms with Gasteiger partial charge in [-0.25, -0.2) is 4.52 Å². The highest BCUT2D eigenvalue weighted by Crippen LogP contribution is 2.57. The van der Waals surface area contributed by atoms with Crippen LogP contribution >= 0.6 is 0 Å². The molecule has 12 heteroatoms. The van der Waals surface area contributed by atoms with Crippen LogP contribution < -0.4 is 25.3 Å². The van der Waals surface area contributed by atoms with E-state index >= 15 is 0 Å². The lowest BCUT2D eigenvalue weighted by atomic mass is 9.53. The Balaban J connectivity index is 1.14. The first kappa shape index (κ1) is 26.7. The van der Waals surface area contributed by atoms with E-state index in [2.05, 4.69) is 15.2 Å². The third-order valence-corrected chi connectivity index (χ3v) is 7.08. The van der Waals surface area contributed by atoms with Gasteiger partial charge in [0.2, 0.25) is 0 Å². The molecule has 2 aliphatic carbocycles. The number of nitrogens with one attached hydrogen (secondary N) is 1. The van der Waals surface area contributed by atoms with Gasteiger partial charge in [-0.05, 0) is 69.2 Å². The van der Waals surface area contributed by atoms with Crippen molar-refractivity contribution in [1.82, 2.24) is 14.9 Å². The smallest absolute Gasteiger partial charge is 0.387 e. The first-order chi connectivity index (χ1) is 18.4. The van der Waals surface area contributed by atoms with Crippen LogP contribution in [0, 0.1) is 5.41 Å². The summed E-state index contributed by atoms with van der Waals surface area (Å²) in [4.78, 5) is 24.7. The monoisotopic (exact) mass is 544 g/mol. The lowest BCUT2D eigenvalue weighted by Crippen LogP contribution is -2.58. The minimum atomic E-state index is -3.00. The third-order valence-electron chi connectivity index (χ3n) is 7.08. The minimum absolute atomic E-state index is 0.00624. The largest absolute Gasteiger partial charge is 0.489 e. The van der Waals surface area contributed by atoms with Crippen molar-refractivity contribution in [2.45, 2.75) is 63.9 Å². The number of primary amides is 1. The van der Waals surface area contributed by atoms with Gasteiger partial charge in [0.1, 0.15) is 23.9 Å². The number of amides is 2. The molecular formula is C27H30F2N4O6. The number of pyridine rings is 1. The Morgan fingerprint density at radius 1 is 1.18 bits per heavy atom. The van der Waals surface area contributed by atoms with Gasteiger partial charge in [0.15, 0.2) is 0 Å². The molecular weight excluding hydrogens is 514 g/mol. The van der Waals surface area contributed by atoms with E-state index < -0.39 is 18.1 Å². The van der Waals surface area contributed by atoms with Crippen LogP contribution in [0.15, 0.2) is 42.7 Å². The van der Waals surface area contributed by atoms with Crippen molar-refractivity contribution in [3.63, 3.8) is 0 Å². The van der Waals surface area contributed by atoms with E-state index in [1.165, 1.54) is 24.4 Å². The van der Waals surface area contributed by atoms with Gasteiger partial charge in [-0.3, -0.25) is 9.59 Å². The van der Waals surface area contributed by atoms with Gasteiger partial charge in [0.25, 0.3) is 11.8 Å². The Labute approximate surface area is 223 Å². The van der Waals surface area contributed by atoms with Gasteiger partial charge in [-0.15, -0.1) is 0 Å². The molecule has 0 bridgehead atoms. The topological polar surface area (TPSA) is 137 Å². The zero-order chi connectivity index (χ0) is 27.9. The van der Waals surface area contributed by atoms with Crippen LogP contribution in [0.3, 0.4) is 0 Å². The number of aromatic nitrogens is 2. The van der Waals surface area contributed by atoms with Crippen LogP contribution in [-0.4, -0.2) is 57.5 Å². The lowest BCUT2D eigenvalue weighted by molar-refractivity contribution is -0.0837. The van der Waals surface area contributed by atoms with E-state index in [0.29, 0.717) is 29.7 Å². The van der Waals surface area contributed by atoms with Crippen LogP contribution in [-0.2, 0) is 0 Å². The first-order valence-electron chi connectivity index (χ1n) is 12.6. The van der Waals surface area contributed by atoms with Crippen LogP contribution in [0.1, 0.15) is 60.2 Å². The van der Waals surface area contributed by atoms with Crippen molar-refractivity contribution in [1.29, 1.82) is 0 Å². The van der Waals surface area contributed by atoms with Crippen LogP contribution in [0.2, 0.25) is 0 Å². The quantitative estimate of drug-likeness (QED) is 0.356. The molecule has 0 aliphatic heterocycles. The molecule has 5 rings (SSSR count). The normalized spacial score (nSPS) is 22.3. The molecule has 0 radical (unpaired) electrons. The fourth-order valence-electron chi connectivity index (χ4n) is 5.32. The van der Waals surface area contributed by atoms with Crippen molar-refractivity contribution in [2.24, 2.45) is 11.1 Å². The Morgan fingerprint density at radius 2 is 1.90 bits per heavy atom. The highest BCUT2D eigenvalue weighted by atomic mass is 19.3. The molecule has 3 aromatic rings. The maximum Gasteiger partial charge on any atom is 0.387 e. The summed E-state index contributed by atoms with van der Waals surface area (Å²) in [6.45, 7) is 0.420. The summed E-state index contributed by atoms with van der Waals surface area (Å²) in [5, 5.41) is 17.2. The minimum Gasteiger partial charge on any atom is -0.489 e. The van der Waals surface area contributed by atoms with Crippen LogP contribution in [0.4, 0.5) is 8.78 Å². The predicted octanol–water partition coefficient (Wildman–Crippen LogP) is 3.30. The molecule has 2 aromatic heterocycles. The van der Waals surface area contributed by atoms with E-state index in [1.807, 2.05) is 0 Å². The Kier molecular flexibility index (Phi) is 6.83. The van der Waals surface area contributed by atoms with E-state index in [1.54, 1.807) is 36.7 Å². The van der Waals surface area contributed by atoms with Crippen molar-refractivity contribution in [3.05, 3.63) is 53.9 Å².